The molecule has 0 aliphatic carbocycles. The molecule has 1 aromatic heterocycles. The molecule has 2 rings (SSSR count). The molecule has 0 fully saturated rings. The van der Waals surface area contributed by atoms with Gasteiger partial charge in [0.2, 0.25) is 0 Å². The van der Waals surface area contributed by atoms with Crippen LogP contribution in [0.2, 0.25) is 5.02 Å². The molecular weight excluding hydrogens is 259 g/mol. The van der Waals surface area contributed by atoms with Gasteiger partial charge in [-0.3, -0.25) is 0 Å². The zero-order valence-electron chi connectivity index (χ0n) is 9.78. The lowest BCUT2D eigenvalue weighted by molar-refractivity contribution is 0.163. The largest absolute Gasteiger partial charge is 0.383 e. The van der Waals surface area contributed by atoms with Crippen LogP contribution in [-0.2, 0) is 10.6 Å². The summed E-state index contributed by atoms with van der Waals surface area (Å²) in [5.41, 5.74) is 1.80. The molecular formula is C12H14Cl2N2O. The molecule has 0 N–H and O–H groups in total. The van der Waals surface area contributed by atoms with Crippen LogP contribution >= 0.6 is 23.2 Å². The number of benzene rings is 1. The molecule has 2 aromatic rings. The number of para-hydroxylation sites is 1. The first-order chi connectivity index (χ1) is 8.19. The van der Waals surface area contributed by atoms with Crippen LogP contribution in [0.5, 0.6) is 0 Å². The van der Waals surface area contributed by atoms with Crippen LogP contribution in [0.15, 0.2) is 18.2 Å². The average Bonchev–Trinajstić information content (AvgIpc) is 2.69. The summed E-state index contributed by atoms with van der Waals surface area (Å²) in [7, 11) is 1.68. The van der Waals surface area contributed by atoms with Crippen molar-refractivity contribution in [1.82, 2.24) is 9.55 Å². The molecule has 92 valence electrons. The van der Waals surface area contributed by atoms with Crippen LogP contribution in [0.1, 0.15) is 18.8 Å². The normalized spacial score (nSPS) is 13.2. The third-order valence-corrected chi connectivity index (χ3v) is 3.26. The summed E-state index contributed by atoms with van der Waals surface area (Å²) in [4.78, 5) is 4.48. The Balaban J connectivity index is 2.62. The molecule has 1 atom stereocenters. The van der Waals surface area contributed by atoms with Gasteiger partial charge in [-0.25, -0.2) is 4.98 Å². The highest BCUT2D eigenvalue weighted by atomic mass is 35.5. The molecule has 3 nitrogen and oxygen atoms in total. The summed E-state index contributed by atoms with van der Waals surface area (Å²) in [6, 6.07) is 5.93. The summed E-state index contributed by atoms with van der Waals surface area (Å²) in [6.07, 6.45) is 0. The highest BCUT2D eigenvalue weighted by molar-refractivity contribution is 6.35. The van der Waals surface area contributed by atoms with E-state index in [4.69, 9.17) is 27.9 Å². The van der Waals surface area contributed by atoms with Gasteiger partial charge < -0.3 is 9.30 Å². The maximum Gasteiger partial charge on any atom is 0.125 e. The predicted octanol–water partition coefficient (Wildman–Crippen LogP) is 3.64. The lowest BCUT2D eigenvalue weighted by atomic mass is 10.3. The Hall–Kier alpha value is -0.770. The third kappa shape index (κ3) is 2.28. The number of hydrogen-bond donors (Lipinski definition) is 0. The first-order valence-corrected chi connectivity index (χ1v) is 6.30. The van der Waals surface area contributed by atoms with Gasteiger partial charge in [-0.2, -0.15) is 0 Å². The number of aromatic nitrogens is 2. The summed E-state index contributed by atoms with van der Waals surface area (Å²) in [6.45, 7) is 2.68. The monoisotopic (exact) mass is 272 g/mol. The van der Waals surface area contributed by atoms with Crippen molar-refractivity contribution in [2.45, 2.75) is 18.8 Å². The van der Waals surface area contributed by atoms with E-state index in [1.165, 1.54) is 0 Å². The Morgan fingerprint density at radius 3 is 2.88 bits per heavy atom. The number of hydrogen-bond acceptors (Lipinski definition) is 2. The molecule has 0 radical (unpaired) electrons. The van der Waals surface area contributed by atoms with Crippen LogP contribution < -0.4 is 0 Å². The predicted molar refractivity (Wildman–Crippen MR) is 70.9 cm³/mol. The summed E-state index contributed by atoms with van der Waals surface area (Å²) < 4.78 is 7.26. The van der Waals surface area contributed by atoms with E-state index in [0.717, 1.165) is 16.9 Å². The Morgan fingerprint density at radius 2 is 2.24 bits per heavy atom. The van der Waals surface area contributed by atoms with Crippen molar-refractivity contribution in [3.63, 3.8) is 0 Å². The van der Waals surface area contributed by atoms with E-state index in [0.29, 0.717) is 17.5 Å². The van der Waals surface area contributed by atoms with Crippen molar-refractivity contribution < 1.29 is 4.74 Å². The smallest absolute Gasteiger partial charge is 0.125 e. The van der Waals surface area contributed by atoms with Gasteiger partial charge in [0.1, 0.15) is 11.3 Å². The molecule has 5 heteroatoms. The van der Waals surface area contributed by atoms with E-state index in [1.54, 1.807) is 7.11 Å². The summed E-state index contributed by atoms with van der Waals surface area (Å²) >= 11 is 12.1. The Morgan fingerprint density at radius 1 is 1.47 bits per heavy atom. The van der Waals surface area contributed by atoms with Gasteiger partial charge in [0.15, 0.2) is 0 Å². The maximum absolute atomic E-state index is 6.13. The highest BCUT2D eigenvalue weighted by Gasteiger charge is 2.16. The second-order valence-electron chi connectivity index (χ2n) is 3.94. The number of nitrogens with zero attached hydrogens (tertiary/aromatic N) is 2. The number of alkyl halides is 1. The van der Waals surface area contributed by atoms with E-state index in [2.05, 4.69) is 16.5 Å². The minimum atomic E-state index is 0.178. The molecule has 1 heterocycles. The zero-order chi connectivity index (χ0) is 12.4. The van der Waals surface area contributed by atoms with Crippen molar-refractivity contribution >= 4 is 34.2 Å². The molecule has 1 aromatic carbocycles. The number of halogens is 2. The molecule has 17 heavy (non-hydrogen) atoms. The Kier molecular flexibility index (Phi) is 3.92. The van der Waals surface area contributed by atoms with Crippen LogP contribution in [0.4, 0.5) is 0 Å². The molecule has 0 aliphatic rings. The molecule has 0 bridgehead atoms. The van der Waals surface area contributed by atoms with E-state index in [9.17, 15) is 0 Å². The van der Waals surface area contributed by atoms with Crippen molar-refractivity contribution in [3.8, 4) is 0 Å². The molecule has 0 aliphatic heterocycles. The van der Waals surface area contributed by atoms with Crippen LogP contribution in [0.3, 0.4) is 0 Å². The zero-order valence-corrected chi connectivity index (χ0v) is 11.3. The first kappa shape index (κ1) is 12.7. The van der Waals surface area contributed by atoms with Crippen molar-refractivity contribution in [2.24, 2.45) is 0 Å². The molecule has 1 unspecified atom stereocenters. The summed E-state index contributed by atoms with van der Waals surface area (Å²) in [5, 5.41) is 0.650. The number of ether oxygens (including phenoxy) is 1. The number of fused-ring (bicyclic) bond motifs is 1. The highest BCUT2D eigenvalue weighted by Crippen LogP contribution is 2.27. The van der Waals surface area contributed by atoms with Gasteiger partial charge in [0.05, 0.1) is 29.1 Å². The lowest BCUT2D eigenvalue weighted by Crippen LogP contribution is -2.13. The topological polar surface area (TPSA) is 27.1 Å². The van der Waals surface area contributed by atoms with E-state index in [1.807, 2.05) is 18.2 Å². The van der Waals surface area contributed by atoms with Gasteiger partial charge in [-0.1, -0.05) is 17.7 Å². The maximum atomic E-state index is 6.13. The number of imidazole rings is 1. The average molecular weight is 273 g/mol. The van der Waals surface area contributed by atoms with E-state index >= 15 is 0 Å². The fourth-order valence-corrected chi connectivity index (χ4v) is 2.43. The lowest BCUT2D eigenvalue weighted by Gasteiger charge is -2.15. The minimum absolute atomic E-state index is 0.178. The van der Waals surface area contributed by atoms with E-state index in [-0.39, 0.29) is 6.04 Å². The van der Waals surface area contributed by atoms with Crippen molar-refractivity contribution in [1.29, 1.82) is 0 Å². The summed E-state index contributed by atoms with van der Waals surface area (Å²) in [5.74, 6) is 1.18. The van der Waals surface area contributed by atoms with Crippen LogP contribution in [0, 0.1) is 0 Å². The quantitative estimate of drug-likeness (QED) is 0.795. The van der Waals surface area contributed by atoms with Crippen LogP contribution in [0.25, 0.3) is 11.0 Å². The Labute approximate surface area is 110 Å². The Bertz CT molecular complexity index is 524. The fourth-order valence-electron chi connectivity index (χ4n) is 2.03. The van der Waals surface area contributed by atoms with Gasteiger partial charge in [-0.05, 0) is 19.1 Å². The number of methoxy groups -OCH3 is 1. The standard InChI is InChI=1S/C12H14Cl2N2O/c1-8(7-17-2)16-10-5-3-4-9(14)12(10)15-11(16)6-13/h3-5,8H,6-7H2,1-2H3. The molecule has 0 saturated carbocycles. The van der Waals surface area contributed by atoms with Gasteiger partial charge in [0, 0.05) is 7.11 Å². The fraction of sp³-hybridized carbons (Fsp3) is 0.417. The van der Waals surface area contributed by atoms with Gasteiger partial charge >= 0.3 is 0 Å². The number of rotatable bonds is 4. The van der Waals surface area contributed by atoms with Crippen molar-refractivity contribution in [3.05, 3.63) is 29.0 Å². The van der Waals surface area contributed by atoms with Crippen molar-refractivity contribution in [2.75, 3.05) is 13.7 Å². The first-order valence-electron chi connectivity index (χ1n) is 5.39. The molecule has 0 spiro atoms. The molecule has 0 saturated heterocycles. The minimum Gasteiger partial charge on any atom is -0.383 e. The third-order valence-electron chi connectivity index (χ3n) is 2.71. The van der Waals surface area contributed by atoms with Gasteiger partial charge in [0.25, 0.3) is 0 Å². The molecule has 0 amide bonds. The SMILES string of the molecule is COCC(C)n1c(CCl)nc2c(Cl)cccc21. The van der Waals surface area contributed by atoms with Gasteiger partial charge in [-0.15, -0.1) is 11.6 Å². The van der Waals surface area contributed by atoms with E-state index < -0.39 is 0 Å². The second kappa shape index (κ2) is 5.25. The van der Waals surface area contributed by atoms with Crippen LogP contribution in [-0.4, -0.2) is 23.3 Å². The second-order valence-corrected chi connectivity index (χ2v) is 4.62.